The molecule has 0 aliphatic rings. The molecule has 2 aromatic carbocycles. The van der Waals surface area contributed by atoms with Gasteiger partial charge in [0, 0.05) is 12.7 Å². The summed E-state index contributed by atoms with van der Waals surface area (Å²) in [5, 5.41) is 0.741. The van der Waals surface area contributed by atoms with E-state index in [-0.39, 0.29) is 0 Å². The van der Waals surface area contributed by atoms with Crippen LogP contribution < -0.4 is 9.64 Å². The van der Waals surface area contributed by atoms with E-state index in [4.69, 9.17) is 16.3 Å². The number of methoxy groups -OCH3 is 1. The van der Waals surface area contributed by atoms with Crippen LogP contribution in [-0.2, 0) is 0 Å². The Morgan fingerprint density at radius 3 is 2.24 bits per heavy atom. The predicted molar refractivity (Wildman–Crippen MR) is 72.5 cm³/mol. The Morgan fingerprint density at radius 2 is 1.65 bits per heavy atom. The Balaban J connectivity index is 2.30. The van der Waals surface area contributed by atoms with E-state index in [9.17, 15) is 0 Å². The normalized spacial score (nSPS) is 10.1. The van der Waals surface area contributed by atoms with Gasteiger partial charge in [-0.25, -0.2) is 0 Å². The fourth-order valence-electron chi connectivity index (χ4n) is 1.67. The van der Waals surface area contributed by atoms with Crippen molar-refractivity contribution in [3.63, 3.8) is 0 Å². The van der Waals surface area contributed by atoms with Crippen molar-refractivity contribution in [2.75, 3.05) is 19.1 Å². The Kier molecular flexibility index (Phi) is 3.55. The molecule has 2 aromatic rings. The molecule has 0 saturated heterocycles. The first kappa shape index (κ1) is 11.8. The highest BCUT2D eigenvalue weighted by Gasteiger charge is 2.07. The Bertz CT molecular complexity index is 496. The number of halogens is 1. The lowest BCUT2D eigenvalue weighted by molar-refractivity contribution is 0.415. The fraction of sp³-hybridized carbons (Fsp3) is 0.143. The van der Waals surface area contributed by atoms with Gasteiger partial charge in [0.25, 0.3) is 0 Å². The maximum Gasteiger partial charge on any atom is 0.119 e. The molecule has 0 saturated carbocycles. The van der Waals surface area contributed by atoms with Crippen molar-refractivity contribution in [2.45, 2.75) is 0 Å². The number of rotatable bonds is 3. The summed E-state index contributed by atoms with van der Waals surface area (Å²) >= 11 is 6.16. The van der Waals surface area contributed by atoms with Crippen molar-refractivity contribution >= 4 is 23.0 Å². The second kappa shape index (κ2) is 5.11. The quantitative estimate of drug-likeness (QED) is 0.809. The van der Waals surface area contributed by atoms with Crippen molar-refractivity contribution < 1.29 is 4.74 Å². The molecule has 17 heavy (non-hydrogen) atoms. The van der Waals surface area contributed by atoms with Gasteiger partial charge in [0.2, 0.25) is 0 Å². The molecule has 0 radical (unpaired) electrons. The molecule has 88 valence electrons. The van der Waals surface area contributed by atoms with E-state index in [1.54, 1.807) is 7.11 Å². The number of anilines is 2. The van der Waals surface area contributed by atoms with E-state index in [0.717, 1.165) is 22.1 Å². The molecule has 0 amide bonds. The number of benzene rings is 2. The van der Waals surface area contributed by atoms with E-state index in [2.05, 4.69) is 0 Å². The second-order valence-electron chi connectivity index (χ2n) is 3.71. The highest BCUT2D eigenvalue weighted by atomic mass is 35.5. The third-order valence-electron chi connectivity index (χ3n) is 2.67. The van der Waals surface area contributed by atoms with Crippen LogP contribution in [-0.4, -0.2) is 14.2 Å². The van der Waals surface area contributed by atoms with Crippen molar-refractivity contribution in [2.24, 2.45) is 0 Å². The number of hydrogen-bond acceptors (Lipinski definition) is 2. The first-order chi connectivity index (χ1) is 8.22. The van der Waals surface area contributed by atoms with Gasteiger partial charge in [-0.3, -0.25) is 0 Å². The molecule has 0 aromatic heterocycles. The van der Waals surface area contributed by atoms with E-state index in [1.807, 2.05) is 60.5 Å². The molecule has 0 atom stereocenters. The summed E-state index contributed by atoms with van der Waals surface area (Å²) in [5.41, 5.74) is 2.05. The summed E-state index contributed by atoms with van der Waals surface area (Å²) in [4.78, 5) is 2.04. The molecule has 3 heteroatoms. The summed E-state index contributed by atoms with van der Waals surface area (Å²) in [6, 6.07) is 15.6. The van der Waals surface area contributed by atoms with Crippen LogP contribution in [0.1, 0.15) is 0 Å². The third-order valence-corrected chi connectivity index (χ3v) is 2.99. The van der Waals surface area contributed by atoms with Crippen LogP contribution in [0.2, 0.25) is 5.02 Å². The minimum absolute atomic E-state index is 0.741. The molecule has 0 N–H and O–H groups in total. The van der Waals surface area contributed by atoms with Gasteiger partial charge in [-0.05, 0) is 36.4 Å². The standard InChI is InChI=1S/C14H14ClNO/c1-16(14-6-4-3-5-13(14)15)11-7-9-12(17-2)10-8-11/h3-10H,1-2H3. The maximum absolute atomic E-state index is 6.16. The summed E-state index contributed by atoms with van der Waals surface area (Å²) in [5.74, 6) is 0.848. The van der Waals surface area contributed by atoms with Gasteiger partial charge in [-0.15, -0.1) is 0 Å². The molecule has 0 unspecified atom stereocenters. The molecule has 0 bridgehead atoms. The van der Waals surface area contributed by atoms with Gasteiger partial charge in [0.15, 0.2) is 0 Å². The molecular weight excluding hydrogens is 234 g/mol. The number of nitrogens with zero attached hydrogens (tertiary/aromatic N) is 1. The Hall–Kier alpha value is -1.67. The lowest BCUT2D eigenvalue weighted by Crippen LogP contribution is -2.09. The van der Waals surface area contributed by atoms with Crippen LogP contribution in [0.15, 0.2) is 48.5 Å². The lowest BCUT2D eigenvalue weighted by Gasteiger charge is -2.20. The van der Waals surface area contributed by atoms with Crippen molar-refractivity contribution in [1.82, 2.24) is 0 Å². The summed E-state index contributed by atoms with van der Waals surface area (Å²) in [6.45, 7) is 0. The molecule has 0 aliphatic heterocycles. The number of hydrogen-bond donors (Lipinski definition) is 0. The molecule has 0 fully saturated rings. The topological polar surface area (TPSA) is 12.5 Å². The smallest absolute Gasteiger partial charge is 0.119 e. The van der Waals surface area contributed by atoms with Crippen LogP contribution in [0.5, 0.6) is 5.75 Å². The number of para-hydroxylation sites is 1. The molecule has 0 aliphatic carbocycles. The highest BCUT2D eigenvalue weighted by Crippen LogP contribution is 2.30. The first-order valence-electron chi connectivity index (χ1n) is 5.34. The largest absolute Gasteiger partial charge is 0.497 e. The summed E-state index contributed by atoms with van der Waals surface area (Å²) in [7, 11) is 3.65. The van der Waals surface area contributed by atoms with E-state index in [1.165, 1.54) is 0 Å². The van der Waals surface area contributed by atoms with E-state index >= 15 is 0 Å². The predicted octanol–water partition coefficient (Wildman–Crippen LogP) is 4.12. The zero-order chi connectivity index (χ0) is 12.3. The highest BCUT2D eigenvalue weighted by molar-refractivity contribution is 6.33. The van der Waals surface area contributed by atoms with E-state index < -0.39 is 0 Å². The zero-order valence-corrected chi connectivity index (χ0v) is 10.6. The van der Waals surface area contributed by atoms with Crippen molar-refractivity contribution in [1.29, 1.82) is 0 Å². The maximum atomic E-state index is 6.16. The minimum Gasteiger partial charge on any atom is -0.497 e. The van der Waals surface area contributed by atoms with Crippen molar-refractivity contribution in [3.8, 4) is 5.75 Å². The van der Waals surface area contributed by atoms with Crippen LogP contribution in [0.25, 0.3) is 0 Å². The van der Waals surface area contributed by atoms with Gasteiger partial charge < -0.3 is 9.64 Å². The second-order valence-corrected chi connectivity index (χ2v) is 4.12. The van der Waals surface area contributed by atoms with Crippen LogP contribution >= 0.6 is 11.6 Å². The van der Waals surface area contributed by atoms with Crippen molar-refractivity contribution in [3.05, 3.63) is 53.6 Å². The molecular formula is C14H14ClNO. The first-order valence-corrected chi connectivity index (χ1v) is 5.72. The lowest BCUT2D eigenvalue weighted by atomic mass is 10.2. The Morgan fingerprint density at radius 1 is 1.00 bits per heavy atom. The fourth-order valence-corrected chi connectivity index (χ4v) is 1.93. The number of ether oxygens (including phenoxy) is 1. The summed E-state index contributed by atoms with van der Waals surface area (Å²) in [6.07, 6.45) is 0. The third kappa shape index (κ3) is 2.53. The van der Waals surface area contributed by atoms with Crippen LogP contribution in [0, 0.1) is 0 Å². The van der Waals surface area contributed by atoms with Gasteiger partial charge in [-0.2, -0.15) is 0 Å². The van der Waals surface area contributed by atoms with E-state index in [0.29, 0.717) is 0 Å². The summed E-state index contributed by atoms with van der Waals surface area (Å²) < 4.78 is 5.13. The van der Waals surface area contributed by atoms with Crippen LogP contribution in [0.3, 0.4) is 0 Å². The molecule has 0 spiro atoms. The Labute approximate surface area is 106 Å². The minimum atomic E-state index is 0.741. The van der Waals surface area contributed by atoms with Gasteiger partial charge in [-0.1, -0.05) is 23.7 Å². The molecule has 0 heterocycles. The van der Waals surface area contributed by atoms with Gasteiger partial charge >= 0.3 is 0 Å². The molecule has 2 nitrogen and oxygen atoms in total. The molecule has 2 rings (SSSR count). The average molecular weight is 248 g/mol. The van der Waals surface area contributed by atoms with Crippen LogP contribution in [0.4, 0.5) is 11.4 Å². The van der Waals surface area contributed by atoms with Gasteiger partial charge in [0.05, 0.1) is 17.8 Å². The zero-order valence-electron chi connectivity index (χ0n) is 9.85. The van der Waals surface area contributed by atoms with Gasteiger partial charge in [0.1, 0.15) is 5.75 Å². The SMILES string of the molecule is COc1ccc(N(C)c2ccccc2Cl)cc1. The average Bonchev–Trinajstić information content (AvgIpc) is 2.39. The monoisotopic (exact) mass is 247 g/mol.